The number of hydrogen-bond acceptors (Lipinski definition) is 2. The van der Waals surface area contributed by atoms with Gasteiger partial charge < -0.3 is 0 Å². The molecule has 0 aliphatic heterocycles. The van der Waals surface area contributed by atoms with Gasteiger partial charge in [-0.2, -0.15) is 5.26 Å². The highest BCUT2D eigenvalue weighted by atomic mass is 32.2. The van der Waals surface area contributed by atoms with E-state index in [1.54, 1.807) is 12.1 Å². The van der Waals surface area contributed by atoms with Crippen LogP contribution >= 0.6 is 0 Å². The Kier molecular flexibility index (Phi) is 5.61. The minimum atomic E-state index is -1.29. The first-order valence-electron chi connectivity index (χ1n) is 6.27. The van der Waals surface area contributed by atoms with E-state index < -0.39 is 21.5 Å². The summed E-state index contributed by atoms with van der Waals surface area (Å²) in [5.74, 6) is -0.476. The Bertz CT molecular complexity index is 558. The number of halogens is 1. The molecule has 0 radical (unpaired) electrons. The zero-order valence-corrected chi connectivity index (χ0v) is 12.8. The van der Waals surface area contributed by atoms with Crippen LogP contribution in [-0.4, -0.2) is 8.96 Å². The lowest BCUT2D eigenvalue weighted by molar-refractivity contribution is 0.591. The van der Waals surface area contributed by atoms with Gasteiger partial charge in [0, 0.05) is 6.04 Å². The Morgan fingerprint density at radius 1 is 1.50 bits per heavy atom. The third-order valence-electron chi connectivity index (χ3n) is 2.66. The molecule has 1 rings (SSSR count). The molecule has 0 aliphatic carbocycles. The minimum Gasteiger partial charge on any atom is -0.242 e. The van der Waals surface area contributed by atoms with Gasteiger partial charge in [-0.3, -0.25) is 0 Å². The van der Waals surface area contributed by atoms with Crippen molar-refractivity contribution in [2.75, 3.05) is 0 Å². The quantitative estimate of drug-likeness (QED) is 0.847. The molecule has 0 aromatic heterocycles. The zero-order valence-electron chi connectivity index (χ0n) is 11.9. The maximum atomic E-state index is 13.5. The predicted molar refractivity (Wildman–Crippen MR) is 79.7 cm³/mol. The fourth-order valence-electron chi connectivity index (χ4n) is 1.60. The van der Waals surface area contributed by atoms with Gasteiger partial charge in [-0.1, -0.05) is 6.08 Å². The highest BCUT2D eigenvalue weighted by molar-refractivity contribution is 7.84. The highest BCUT2D eigenvalue weighted by Crippen LogP contribution is 2.22. The molecule has 1 aromatic carbocycles. The minimum absolute atomic E-state index is 0.248. The Hall–Kier alpha value is -1.51. The molecule has 1 N–H and O–H groups in total. The normalized spacial score (nSPS) is 14.3. The summed E-state index contributed by atoms with van der Waals surface area (Å²) in [5, 5.41) is 8.89. The van der Waals surface area contributed by atoms with Gasteiger partial charge in [0.2, 0.25) is 0 Å². The van der Waals surface area contributed by atoms with E-state index >= 15 is 0 Å². The first kappa shape index (κ1) is 16.5. The van der Waals surface area contributed by atoms with Crippen LogP contribution in [0, 0.1) is 17.1 Å². The largest absolute Gasteiger partial charge is 0.242 e. The molecule has 2 atom stereocenters. The second-order valence-electron chi connectivity index (χ2n) is 5.46. The molecule has 0 bridgehead atoms. The topological polar surface area (TPSA) is 52.9 Å². The zero-order chi connectivity index (χ0) is 15.3. The molecule has 0 spiro atoms. The molecular weight excluding hydrogens is 275 g/mol. The van der Waals surface area contributed by atoms with Crippen molar-refractivity contribution in [3.05, 3.63) is 47.8 Å². The molecule has 3 nitrogen and oxygen atoms in total. The van der Waals surface area contributed by atoms with E-state index in [2.05, 4.69) is 11.3 Å². The van der Waals surface area contributed by atoms with Crippen LogP contribution in [0.2, 0.25) is 0 Å². The molecule has 5 heteroatoms. The van der Waals surface area contributed by atoms with Crippen molar-refractivity contribution in [2.24, 2.45) is 0 Å². The fraction of sp³-hybridized carbons (Fsp3) is 0.400. The van der Waals surface area contributed by atoms with Crippen molar-refractivity contribution in [2.45, 2.75) is 38.0 Å². The molecule has 108 valence electrons. The molecule has 0 fully saturated rings. The fourth-order valence-corrected chi connectivity index (χ4v) is 2.45. The molecule has 0 amide bonds. The van der Waals surface area contributed by atoms with Crippen molar-refractivity contribution < 1.29 is 8.60 Å². The van der Waals surface area contributed by atoms with Gasteiger partial charge >= 0.3 is 0 Å². The van der Waals surface area contributed by atoms with Crippen molar-refractivity contribution in [1.82, 2.24) is 4.72 Å². The van der Waals surface area contributed by atoms with Crippen LogP contribution in [0.1, 0.15) is 44.4 Å². The first-order valence-corrected chi connectivity index (χ1v) is 7.42. The van der Waals surface area contributed by atoms with Gasteiger partial charge in [-0.25, -0.2) is 13.3 Å². The van der Waals surface area contributed by atoms with Gasteiger partial charge in [0.15, 0.2) is 0 Å². The number of nitrogens with one attached hydrogen (secondary N) is 1. The van der Waals surface area contributed by atoms with E-state index in [0.29, 0.717) is 12.0 Å². The smallest absolute Gasteiger partial charge is 0.124 e. The number of nitriles is 1. The number of nitrogens with zero attached hydrogens (tertiary/aromatic N) is 1. The molecule has 0 saturated heterocycles. The summed E-state index contributed by atoms with van der Waals surface area (Å²) in [6.45, 7) is 9.23. The average molecular weight is 294 g/mol. The van der Waals surface area contributed by atoms with Crippen LogP contribution in [0.15, 0.2) is 30.9 Å². The molecule has 1 aromatic rings. The summed E-state index contributed by atoms with van der Waals surface area (Å²) in [5.41, 5.74) is 0.844. The maximum Gasteiger partial charge on any atom is 0.124 e. The van der Waals surface area contributed by atoms with Crippen molar-refractivity contribution in [3.8, 4) is 6.07 Å². The van der Waals surface area contributed by atoms with Gasteiger partial charge in [0.25, 0.3) is 0 Å². The Morgan fingerprint density at radius 2 is 2.15 bits per heavy atom. The summed E-state index contributed by atoms with van der Waals surface area (Å²) < 4.78 is 28.2. The lowest BCUT2D eigenvalue weighted by atomic mass is 10.0. The van der Waals surface area contributed by atoms with E-state index in [0.717, 1.165) is 0 Å². The van der Waals surface area contributed by atoms with Gasteiger partial charge in [-0.15, -0.1) is 6.58 Å². The van der Waals surface area contributed by atoms with Crippen LogP contribution in [-0.2, 0) is 11.0 Å². The third kappa shape index (κ3) is 4.55. The third-order valence-corrected chi connectivity index (χ3v) is 4.27. The van der Waals surface area contributed by atoms with E-state index in [1.165, 1.54) is 12.1 Å². The standard InChI is InChI=1S/C15H19FN2OS/c1-5-6-14(18-20(19)15(2,3)4)12-7-11(10-17)8-13(16)9-12/h5,7-9,14,18H,1,6H2,2-4H3/t14-,20-/m1/s1. The Labute approximate surface area is 122 Å². The predicted octanol–water partition coefficient (Wildman–Crippen LogP) is 3.37. The van der Waals surface area contributed by atoms with E-state index in [9.17, 15) is 8.60 Å². The molecule has 20 heavy (non-hydrogen) atoms. The van der Waals surface area contributed by atoms with Crippen LogP contribution in [0.25, 0.3) is 0 Å². The van der Waals surface area contributed by atoms with Crippen molar-refractivity contribution in [1.29, 1.82) is 5.26 Å². The molecule has 0 heterocycles. The summed E-state index contributed by atoms with van der Waals surface area (Å²) in [7, 11) is -1.29. The summed E-state index contributed by atoms with van der Waals surface area (Å²) in [6, 6.07) is 5.71. The second kappa shape index (κ2) is 6.78. The Morgan fingerprint density at radius 3 is 2.65 bits per heavy atom. The lowest BCUT2D eigenvalue weighted by Gasteiger charge is -2.24. The monoisotopic (exact) mass is 294 g/mol. The summed E-state index contributed by atoms with van der Waals surface area (Å²) >= 11 is 0. The molecule has 0 aliphatic rings. The lowest BCUT2D eigenvalue weighted by Crippen LogP contribution is -2.35. The van der Waals surface area contributed by atoms with E-state index in [1.807, 2.05) is 26.8 Å². The second-order valence-corrected chi connectivity index (χ2v) is 7.46. The van der Waals surface area contributed by atoms with Crippen LogP contribution in [0.4, 0.5) is 4.39 Å². The SMILES string of the molecule is C=CC[C@@H](N[S@](=O)C(C)(C)C)c1cc(F)cc(C#N)c1. The van der Waals surface area contributed by atoms with Gasteiger partial charge in [0.1, 0.15) is 5.82 Å². The summed E-state index contributed by atoms with van der Waals surface area (Å²) in [6.07, 6.45) is 2.17. The van der Waals surface area contributed by atoms with E-state index in [4.69, 9.17) is 5.26 Å². The van der Waals surface area contributed by atoms with Crippen LogP contribution < -0.4 is 4.72 Å². The Balaban J connectivity index is 3.08. The van der Waals surface area contributed by atoms with Crippen molar-refractivity contribution >= 4 is 11.0 Å². The van der Waals surface area contributed by atoms with Gasteiger partial charge in [-0.05, 0) is 51.0 Å². The highest BCUT2D eigenvalue weighted by Gasteiger charge is 2.23. The van der Waals surface area contributed by atoms with Crippen molar-refractivity contribution in [3.63, 3.8) is 0 Å². The number of rotatable bonds is 5. The maximum absolute atomic E-state index is 13.5. The van der Waals surface area contributed by atoms with Crippen LogP contribution in [0.5, 0.6) is 0 Å². The molecule has 0 unspecified atom stereocenters. The van der Waals surface area contributed by atoms with Crippen LogP contribution in [0.3, 0.4) is 0 Å². The molecule has 0 saturated carbocycles. The number of hydrogen-bond donors (Lipinski definition) is 1. The first-order chi connectivity index (χ1) is 9.27. The van der Waals surface area contributed by atoms with E-state index in [-0.39, 0.29) is 11.6 Å². The molecular formula is C15H19FN2OS. The average Bonchev–Trinajstić information content (AvgIpc) is 2.36. The van der Waals surface area contributed by atoms with Gasteiger partial charge in [0.05, 0.1) is 27.4 Å². The summed E-state index contributed by atoms with van der Waals surface area (Å²) in [4.78, 5) is 0. The number of benzene rings is 1.